The maximum absolute atomic E-state index is 10.4. The van der Waals surface area contributed by atoms with Gasteiger partial charge in [0.25, 0.3) is 5.95 Å². The Kier molecular flexibility index (Phi) is 3.40. The lowest BCUT2D eigenvalue weighted by molar-refractivity contribution is -0.0156. The van der Waals surface area contributed by atoms with Crippen LogP contribution in [0, 0.1) is 0 Å². The van der Waals surface area contributed by atoms with Gasteiger partial charge in [-0.1, -0.05) is 0 Å². The fraction of sp³-hybridized carbons (Fsp3) is 0.545. The third-order valence-corrected chi connectivity index (χ3v) is 2.40. The Labute approximate surface area is 88.2 Å². The first kappa shape index (κ1) is 10.2. The van der Waals surface area contributed by atoms with Crippen LogP contribution in [0.1, 0.15) is 29.8 Å². The van der Waals surface area contributed by atoms with E-state index in [-0.39, 0.29) is 11.9 Å². The van der Waals surface area contributed by atoms with Crippen molar-refractivity contribution in [1.82, 2.24) is 0 Å². The molecule has 1 aromatic heterocycles. The predicted molar refractivity (Wildman–Crippen MR) is 53.2 cm³/mol. The van der Waals surface area contributed by atoms with Crippen molar-refractivity contribution < 1.29 is 18.7 Å². The summed E-state index contributed by atoms with van der Waals surface area (Å²) in [5.74, 6) is 0.667. The normalized spacial score (nSPS) is 21.2. The van der Waals surface area contributed by atoms with Crippen molar-refractivity contribution in [2.45, 2.75) is 25.4 Å². The molecule has 1 aliphatic heterocycles. The molecule has 1 fully saturated rings. The van der Waals surface area contributed by atoms with Crippen LogP contribution in [0.4, 0.5) is 0 Å². The van der Waals surface area contributed by atoms with Crippen molar-refractivity contribution in [1.29, 1.82) is 0 Å². The molecule has 4 heteroatoms. The quantitative estimate of drug-likeness (QED) is 0.713. The third kappa shape index (κ3) is 2.83. The van der Waals surface area contributed by atoms with E-state index in [2.05, 4.69) is 0 Å². The van der Waals surface area contributed by atoms with Crippen molar-refractivity contribution in [3.05, 3.63) is 17.9 Å². The molecule has 0 radical (unpaired) electrons. The van der Waals surface area contributed by atoms with Crippen LogP contribution in [0.2, 0.25) is 0 Å². The molecule has 0 saturated carbocycles. The zero-order valence-corrected chi connectivity index (χ0v) is 8.48. The number of rotatable bonds is 4. The van der Waals surface area contributed by atoms with Gasteiger partial charge in [0.2, 0.25) is 0 Å². The number of furan rings is 1. The third-order valence-electron chi connectivity index (χ3n) is 2.40. The molecule has 4 nitrogen and oxygen atoms in total. The highest BCUT2D eigenvalue weighted by Crippen LogP contribution is 2.17. The van der Waals surface area contributed by atoms with Crippen LogP contribution < -0.4 is 4.74 Å². The molecule has 0 N–H and O–H groups in total. The minimum absolute atomic E-state index is 0.156. The van der Waals surface area contributed by atoms with E-state index in [1.54, 1.807) is 12.1 Å². The number of hydrogen-bond donors (Lipinski definition) is 0. The Bertz CT molecular complexity index is 312. The van der Waals surface area contributed by atoms with Crippen molar-refractivity contribution >= 4 is 6.29 Å². The van der Waals surface area contributed by atoms with E-state index in [0.717, 1.165) is 19.4 Å². The molecule has 82 valence electrons. The molecule has 15 heavy (non-hydrogen) atoms. The lowest BCUT2D eigenvalue weighted by Gasteiger charge is -2.21. The first-order chi connectivity index (χ1) is 7.38. The number of carbonyl (C=O) groups excluding carboxylic acids is 1. The molecule has 0 aliphatic carbocycles. The molecular formula is C11H14O4. The smallest absolute Gasteiger partial charge is 0.284 e. The molecule has 0 amide bonds. The predicted octanol–water partition coefficient (Wildman–Crippen LogP) is 2.04. The van der Waals surface area contributed by atoms with Crippen molar-refractivity contribution in [3.8, 4) is 5.95 Å². The number of aldehydes is 1. The largest absolute Gasteiger partial charge is 0.462 e. The van der Waals surface area contributed by atoms with Crippen LogP contribution in [0.15, 0.2) is 16.5 Å². The van der Waals surface area contributed by atoms with Crippen LogP contribution in [0.3, 0.4) is 0 Å². The van der Waals surface area contributed by atoms with Gasteiger partial charge < -0.3 is 13.9 Å². The van der Waals surface area contributed by atoms with Gasteiger partial charge in [0.15, 0.2) is 12.0 Å². The van der Waals surface area contributed by atoms with Crippen LogP contribution in [0.25, 0.3) is 0 Å². The van der Waals surface area contributed by atoms with E-state index < -0.39 is 0 Å². The monoisotopic (exact) mass is 210 g/mol. The van der Waals surface area contributed by atoms with Gasteiger partial charge in [0, 0.05) is 12.7 Å². The lowest BCUT2D eigenvalue weighted by Crippen LogP contribution is -2.25. The Morgan fingerprint density at radius 3 is 3.07 bits per heavy atom. The Balaban J connectivity index is 1.79. The zero-order valence-electron chi connectivity index (χ0n) is 8.48. The molecule has 1 aliphatic rings. The Hall–Kier alpha value is -1.29. The summed E-state index contributed by atoms with van der Waals surface area (Å²) in [7, 11) is 0. The van der Waals surface area contributed by atoms with E-state index in [0.29, 0.717) is 18.8 Å². The second kappa shape index (κ2) is 4.98. The summed E-state index contributed by atoms with van der Waals surface area (Å²) in [6, 6.07) is 3.23. The molecule has 0 spiro atoms. The van der Waals surface area contributed by atoms with Gasteiger partial charge in [-0.05, 0) is 25.3 Å². The van der Waals surface area contributed by atoms with Gasteiger partial charge in [-0.25, -0.2) is 0 Å². The van der Waals surface area contributed by atoms with E-state index in [9.17, 15) is 4.79 Å². The van der Waals surface area contributed by atoms with Gasteiger partial charge in [-0.2, -0.15) is 0 Å². The van der Waals surface area contributed by atoms with Gasteiger partial charge in [0.05, 0.1) is 6.10 Å². The standard InChI is InChI=1S/C11H14O4/c12-7-9-4-5-11(15-9)14-8-10-3-1-2-6-13-10/h4-5,7,10H,1-3,6,8H2. The highest BCUT2D eigenvalue weighted by Gasteiger charge is 2.15. The van der Waals surface area contributed by atoms with E-state index >= 15 is 0 Å². The van der Waals surface area contributed by atoms with E-state index in [1.165, 1.54) is 6.42 Å². The SMILES string of the molecule is O=Cc1ccc(OCC2CCCCO2)o1. The molecule has 1 atom stereocenters. The highest BCUT2D eigenvalue weighted by molar-refractivity contribution is 5.70. The summed E-state index contributed by atoms with van der Waals surface area (Å²) in [6.45, 7) is 1.30. The fourth-order valence-electron chi connectivity index (χ4n) is 1.59. The topological polar surface area (TPSA) is 48.7 Å². The van der Waals surface area contributed by atoms with Crippen LogP contribution in [-0.4, -0.2) is 25.6 Å². The molecule has 2 heterocycles. The minimum Gasteiger partial charge on any atom is -0.462 e. The molecular weight excluding hydrogens is 196 g/mol. The zero-order chi connectivity index (χ0) is 10.5. The summed E-state index contributed by atoms with van der Waals surface area (Å²) in [5, 5.41) is 0. The summed E-state index contributed by atoms with van der Waals surface area (Å²) >= 11 is 0. The maximum atomic E-state index is 10.4. The summed E-state index contributed by atoms with van der Waals surface area (Å²) in [5.41, 5.74) is 0. The first-order valence-electron chi connectivity index (χ1n) is 5.18. The average molecular weight is 210 g/mol. The number of hydrogen-bond acceptors (Lipinski definition) is 4. The highest BCUT2D eigenvalue weighted by atomic mass is 16.6. The van der Waals surface area contributed by atoms with Crippen LogP contribution in [0.5, 0.6) is 5.95 Å². The van der Waals surface area contributed by atoms with E-state index in [1.807, 2.05) is 0 Å². The van der Waals surface area contributed by atoms with E-state index in [4.69, 9.17) is 13.9 Å². The Morgan fingerprint density at radius 1 is 1.47 bits per heavy atom. The molecule has 0 aromatic carbocycles. The Morgan fingerprint density at radius 2 is 2.40 bits per heavy atom. The van der Waals surface area contributed by atoms with Crippen molar-refractivity contribution in [2.75, 3.05) is 13.2 Å². The fourth-order valence-corrected chi connectivity index (χ4v) is 1.59. The van der Waals surface area contributed by atoms with Crippen molar-refractivity contribution in [3.63, 3.8) is 0 Å². The van der Waals surface area contributed by atoms with Gasteiger partial charge in [-0.3, -0.25) is 4.79 Å². The summed E-state index contributed by atoms with van der Waals surface area (Å²) in [4.78, 5) is 10.4. The van der Waals surface area contributed by atoms with Crippen LogP contribution in [-0.2, 0) is 4.74 Å². The van der Waals surface area contributed by atoms with Crippen molar-refractivity contribution in [2.24, 2.45) is 0 Å². The first-order valence-corrected chi connectivity index (χ1v) is 5.18. The van der Waals surface area contributed by atoms with Gasteiger partial charge in [0.1, 0.15) is 6.61 Å². The molecule has 1 aromatic rings. The number of carbonyl (C=O) groups is 1. The minimum atomic E-state index is 0.156. The summed E-state index contributed by atoms with van der Waals surface area (Å²) < 4.78 is 16.0. The second-order valence-corrected chi connectivity index (χ2v) is 3.57. The summed E-state index contributed by atoms with van der Waals surface area (Å²) in [6.07, 6.45) is 4.16. The molecule has 1 unspecified atom stereocenters. The molecule has 2 rings (SSSR count). The average Bonchev–Trinajstić information content (AvgIpc) is 2.76. The molecule has 0 bridgehead atoms. The van der Waals surface area contributed by atoms with Crippen LogP contribution >= 0.6 is 0 Å². The molecule has 1 saturated heterocycles. The lowest BCUT2D eigenvalue weighted by atomic mass is 10.1. The number of ether oxygens (including phenoxy) is 2. The second-order valence-electron chi connectivity index (χ2n) is 3.57. The van der Waals surface area contributed by atoms with Gasteiger partial charge >= 0.3 is 0 Å². The van der Waals surface area contributed by atoms with Gasteiger partial charge in [-0.15, -0.1) is 0 Å². The maximum Gasteiger partial charge on any atom is 0.284 e.